The van der Waals surface area contributed by atoms with Crippen molar-refractivity contribution in [2.45, 2.75) is 46.4 Å². The van der Waals surface area contributed by atoms with Gasteiger partial charge in [-0.15, -0.1) is 0 Å². The average molecular weight is 283 g/mol. The first-order valence-corrected chi connectivity index (χ1v) is 7.69. The van der Waals surface area contributed by atoms with Crippen LogP contribution in [0.1, 0.15) is 37.0 Å². The lowest BCUT2D eigenvalue weighted by Crippen LogP contribution is -2.24. The van der Waals surface area contributed by atoms with Crippen LogP contribution in [-0.2, 0) is 13.2 Å². The van der Waals surface area contributed by atoms with Crippen molar-refractivity contribution < 1.29 is 4.74 Å². The van der Waals surface area contributed by atoms with Crippen LogP contribution >= 0.6 is 0 Å². The molecule has 0 amide bonds. The summed E-state index contributed by atoms with van der Waals surface area (Å²) in [5, 5.41) is 3.52. The third-order valence-corrected chi connectivity index (χ3v) is 3.87. The molecule has 0 aliphatic rings. The van der Waals surface area contributed by atoms with E-state index in [1.807, 2.05) is 12.1 Å². The Hall–Kier alpha value is -1.80. The molecule has 1 N–H and O–H groups in total. The van der Waals surface area contributed by atoms with Crippen molar-refractivity contribution in [3.8, 4) is 5.75 Å². The molecule has 0 unspecified atom stereocenters. The van der Waals surface area contributed by atoms with Crippen LogP contribution in [0.4, 0.5) is 0 Å². The smallest absolute Gasteiger partial charge is 0.124 e. The van der Waals surface area contributed by atoms with Crippen LogP contribution in [0.25, 0.3) is 0 Å². The zero-order chi connectivity index (χ0) is 15.1. The van der Waals surface area contributed by atoms with E-state index in [1.54, 1.807) is 0 Å². The summed E-state index contributed by atoms with van der Waals surface area (Å²) in [7, 11) is 0. The second kappa shape index (κ2) is 7.84. The van der Waals surface area contributed by atoms with Crippen LogP contribution in [0.3, 0.4) is 0 Å². The van der Waals surface area contributed by atoms with Crippen molar-refractivity contribution in [3.05, 3.63) is 65.2 Å². The van der Waals surface area contributed by atoms with Gasteiger partial charge in [0, 0.05) is 18.2 Å². The zero-order valence-electron chi connectivity index (χ0n) is 13.2. The quantitative estimate of drug-likeness (QED) is 0.810. The fraction of sp³-hybridized carbons (Fsp3) is 0.368. The highest BCUT2D eigenvalue weighted by Gasteiger charge is 2.06. The minimum atomic E-state index is 0.523. The number of benzene rings is 2. The normalized spacial score (nSPS) is 12.1. The summed E-state index contributed by atoms with van der Waals surface area (Å²) in [6, 6.07) is 17.1. The molecule has 0 aliphatic heterocycles. The summed E-state index contributed by atoms with van der Waals surface area (Å²) in [6.07, 6.45) is 1.13. The monoisotopic (exact) mass is 283 g/mol. The minimum Gasteiger partial charge on any atom is -0.489 e. The maximum Gasteiger partial charge on any atom is 0.124 e. The van der Waals surface area contributed by atoms with E-state index in [4.69, 9.17) is 4.74 Å². The van der Waals surface area contributed by atoms with E-state index in [0.29, 0.717) is 12.6 Å². The van der Waals surface area contributed by atoms with Gasteiger partial charge in [0.15, 0.2) is 0 Å². The molecule has 112 valence electrons. The van der Waals surface area contributed by atoms with Gasteiger partial charge in [0.2, 0.25) is 0 Å². The molecule has 0 spiro atoms. The van der Waals surface area contributed by atoms with Crippen molar-refractivity contribution >= 4 is 0 Å². The Balaban J connectivity index is 2.01. The highest BCUT2D eigenvalue weighted by molar-refractivity contribution is 5.34. The largest absolute Gasteiger partial charge is 0.489 e. The standard InChI is InChI=1S/C19H25NO/c1-4-16(3)20-13-17-10-7-8-12-19(17)21-14-18-11-6-5-9-15(18)2/h5-12,16,20H,4,13-14H2,1-3H3/t16-/m1/s1. The number of hydrogen-bond acceptors (Lipinski definition) is 2. The number of ether oxygens (including phenoxy) is 1. The van der Waals surface area contributed by atoms with Crippen LogP contribution in [0.2, 0.25) is 0 Å². The fourth-order valence-corrected chi connectivity index (χ4v) is 2.15. The lowest BCUT2D eigenvalue weighted by molar-refractivity contribution is 0.301. The maximum absolute atomic E-state index is 6.03. The Labute approximate surface area is 128 Å². The molecule has 21 heavy (non-hydrogen) atoms. The Kier molecular flexibility index (Phi) is 5.82. The van der Waals surface area contributed by atoms with Crippen LogP contribution in [0.5, 0.6) is 5.75 Å². The third kappa shape index (κ3) is 4.61. The van der Waals surface area contributed by atoms with E-state index in [2.05, 4.69) is 62.5 Å². The summed E-state index contributed by atoms with van der Waals surface area (Å²) < 4.78 is 6.03. The lowest BCUT2D eigenvalue weighted by atomic mass is 10.1. The van der Waals surface area contributed by atoms with Crippen molar-refractivity contribution in [1.82, 2.24) is 5.32 Å². The van der Waals surface area contributed by atoms with Gasteiger partial charge >= 0.3 is 0 Å². The summed E-state index contributed by atoms with van der Waals surface area (Å²) in [4.78, 5) is 0. The van der Waals surface area contributed by atoms with Gasteiger partial charge in [-0.1, -0.05) is 49.4 Å². The third-order valence-electron chi connectivity index (χ3n) is 3.87. The highest BCUT2D eigenvalue weighted by Crippen LogP contribution is 2.20. The topological polar surface area (TPSA) is 21.3 Å². The Bertz CT molecular complexity index is 565. The van der Waals surface area contributed by atoms with Gasteiger partial charge in [-0.25, -0.2) is 0 Å². The van der Waals surface area contributed by atoms with Crippen molar-refractivity contribution in [2.24, 2.45) is 0 Å². The molecule has 0 saturated carbocycles. The first-order valence-electron chi connectivity index (χ1n) is 7.69. The molecule has 0 aliphatic carbocycles. The van der Waals surface area contributed by atoms with Crippen LogP contribution in [0.15, 0.2) is 48.5 Å². The number of para-hydroxylation sites is 1. The zero-order valence-corrected chi connectivity index (χ0v) is 13.2. The molecular weight excluding hydrogens is 258 g/mol. The number of rotatable bonds is 7. The van der Waals surface area contributed by atoms with Gasteiger partial charge in [0.25, 0.3) is 0 Å². The summed E-state index contributed by atoms with van der Waals surface area (Å²) in [5.74, 6) is 0.969. The van der Waals surface area contributed by atoms with E-state index in [9.17, 15) is 0 Å². The second-order valence-corrected chi connectivity index (χ2v) is 5.51. The Morgan fingerprint density at radius 2 is 1.67 bits per heavy atom. The lowest BCUT2D eigenvalue weighted by Gasteiger charge is -2.15. The van der Waals surface area contributed by atoms with Gasteiger partial charge in [0.1, 0.15) is 12.4 Å². The molecule has 0 fully saturated rings. The number of nitrogens with one attached hydrogen (secondary N) is 1. The average Bonchev–Trinajstić information content (AvgIpc) is 2.52. The Morgan fingerprint density at radius 1 is 1.00 bits per heavy atom. The van der Waals surface area contributed by atoms with E-state index in [1.165, 1.54) is 16.7 Å². The molecular formula is C19H25NO. The van der Waals surface area contributed by atoms with Crippen LogP contribution in [-0.4, -0.2) is 6.04 Å². The highest BCUT2D eigenvalue weighted by atomic mass is 16.5. The molecule has 2 heteroatoms. The SMILES string of the molecule is CC[C@@H](C)NCc1ccccc1OCc1ccccc1C. The van der Waals surface area contributed by atoms with Gasteiger partial charge in [-0.3, -0.25) is 0 Å². The summed E-state index contributed by atoms with van der Waals surface area (Å²) in [5.41, 5.74) is 3.72. The first kappa shape index (κ1) is 15.6. The predicted molar refractivity (Wildman–Crippen MR) is 88.5 cm³/mol. The molecule has 0 bridgehead atoms. The summed E-state index contributed by atoms with van der Waals surface area (Å²) >= 11 is 0. The van der Waals surface area contributed by atoms with E-state index in [-0.39, 0.29) is 0 Å². The minimum absolute atomic E-state index is 0.523. The summed E-state index contributed by atoms with van der Waals surface area (Å²) in [6.45, 7) is 7.98. The van der Waals surface area contributed by atoms with Gasteiger partial charge in [-0.05, 0) is 37.5 Å². The molecule has 2 aromatic rings. The maximum atomic E-state index is 6.03. The first-order chi connectivity index (χ1) is 10.2. The molecule has 2 rings (SSSR count). The molecule has 2 aromatic carbocycles. The number of aryl methyl sites for hydroxylation is 1. The fourth-order valence-electron chi connectivity index (χ4n) is 2.15. The molecule has 0 heterocycles. The molecule has 1 atom stereocenters. The van der Waals surface area contributed by atoms with Crippen molar-refractivity contribution in [1.29, 1.82) is 0 Å². The number of hydrogen-bond donors (Lipinski definition) is 1. The van der Waals surface area contributed by atoms with Crippen molar-refractivity contribution in [2.75, 3.05) is 0 Å². The van der Waals surface area contributed by atoms with Crippen molar-refractivity contribution in [3.63, 3.8) is 0 Å². The molecule has 0 saturated heterocycles. The predicted octanol–water partition coefficient (Wildman–Crippen LogP) is 4.46. The molecule has 0 radical (unpaired) electrons. The van der Waals surface area contributed by atoms with E-state index >= 15 is 0 Å². The Morgan fingerprint density at radius 3 is 2.38 bits per heavy atom. The second-order valence-electron chi connectivity index (χ2n) is 5.51. The van der Waals surface area contributed by atoms with Gasteiger partial charge < -0.3 is 10.1 Å². The van der Waals surface area contributed by atoms with E-state index < -0.39 is 0 Å². The molecule has 2 nitrogen and oxygen atoms in total. The van der Waals surface area contributed by atoms with Crippen LogP contribution < -0.4 is 10.1 Å². The van der Waals surface area contributed by atoms with Gasteiger partial charge in [-0.2, -0.15) is 0 Å². The van der Waals surface area contributed by atoms with E-state index in [0.717, 1.165) is 18.7 Å². The van der Waals surface area contributed by atoms with Gasteiger partial charge in [0.05, 0.1) is 0 Å². The molecule has 0 aromatic heterocycles. The van der Waals surface area contributed by atoms with Crippen LogP contribution in [0, 0.1) is 6.92 Å².